The number of aryl methyl sites for hydroxylation is 1. The fraction of sp³-hybridized carbons (Fsp3) is 0.538. The van der Waals surface area contributed by atoms with Crippen molar-refractivity contribution >= 4 is 21.6 Å². The first-order valence-corrected chi connectivity index (χ1v) is 8.45. The van der Waals surface area contributed by atoms with E-state index in [0.29, 0.717) is 4.90 Å². The smallest absolute Gasteiger partial charge is 0.193 e. The van der Waals surface area contributed by atoms with Crippen molar-refractivity contribution in [2.24, 2.45) is 11.8 Å². The summed E-state index contributed by atoms with van der Waals surface area (Å²) in [6.45, 7) is 6.00. The zero-order chi connectivity index (χ0) is 12.8. The number of sulfone groups is 1. The van der Waals surface area contributed by atoms with E-state index in [-0.39, 0.29) is 11.8 Å². The molecule has 2 rings (SSSR count). The van der Waals surface area contributed by atoms with Gasteiger partial charge < -0.3 is 0 Å². The standard InChI is InChI=1S/C13H18O2S2/c1-9-5-7-12(8-6-9)17(14,15)13(16-4)10(2)11(13)3/h5-8,10-11H,1-4H3/t10-,11+,13+. The summed E-state index contributed by atoms with van der Waals surface area (Å²) in [7, 11) is -3.23. The molecule has 3 atom stereocenters. The Bertz CT molecular complexity index is 509. The zero-order valence-corrected chi connectivity index (χ0v) is 12.2. The summed E-state index contributed by atoms with van der Waals surface area (Å²) >= 11 is 1.47. The highest BCUT2D eigenvalue weighted by atomic mass is 32.3. The van der Waals surface area contributed by atoms with E-state index in [9.17, 15) is 8.42 Å². The van der Waals surface area contributed by atoms with Gasteiger partial charge in [0.15, 0.2) is 9.84 Å². The Kier molecular flexibility index (Phi) is 3.07. The molecule has 1 aromatic carbocycles. The Morgan fingerprint density at radius 3 is 1.94 bits per heavy atom. The molecule has 1 aromatic rings. The molecule has 4 heteroatoms. The minimum atomic E-state index is -3.23. The molecule has 0 radical (unpaired) electrons. The van der Waals surface area contributed by atoms with Gasteiger partial charge in [-0.1, -0.05) is 31.5 Å². The zero-order valence-electron chi connectivity index (χ0n) is 10.6. The van der Waals surface area contributed by atoms with Gasteiger partial charge in [-0.2, -0.15) is 0 Å². The highest BCUT2D eigenvalue weighted by molar-refractivity contribution is 8.14. The van der Waals surface area contributed by atoms with Crippen molar-refractivity contribution in [3.05, 3.63) is 29.8 Å². The normalized spacial score (nSPS) is 32.5. The number of thioether (sulfide) groups is 1. The fourth-order valence-corrected chi connectivity index (χ4v) is 7.00. The third-order valence-electron chi connectivity index (χ3n) is 3.98. The first-order chi connectivity index (χ1) is 7.88. The van der Waals surface area contributed by atoms with Crippen LogP contribution in [0.15, 0.2) is 29.2 Å². The van der Waals surface area contributed by atoms with Gasteiger partial charge in [-0.3, -0.25) is 0 Å². The van der Waals surface area contributed by atoms with Crippen LogP contribution in [-0.2, 0) is 9.84 Å². The average molecular weight is 270 g/mol. The number of benzene rings is 1. The molecule has 0 N–H and O–H groups in total. The van der Waals surface area contributed by atoms with Gasteiger partial charge in [0.1, 0.15) is 4.08 Å². The van der Waals surface area contributed by atoms with Crippen LogP contribution in [0, 0.1) is 18.8 Å². The third-order valence-corrected chi connectivity index (χ3v) is 9.00. The Hall–Kier alpha value is -0.480. The fourth-order valence-electron chi connectivity index (χ4n) is 2.57. The van der Waals surface area contributed by atoms with E-state index in [1.807, 2.05) is 39.2 Å². The van der Waals surface area contributed by atoms with Crippen molar-refractivity contribution in [2.75, 3.05) is 6.26 Å². The second kappa shape index (κ2) is 4.02. The first-order valence-electron chi connectivity index (χ1n) is 5.74. The summed E-state index contributed by atoms with van der Waals surface area (Å²) < 4.78 is 24.7. The second-order valence-electron chi connectivity index (χ2n) is 4.82. The molecule has 2 nitrogen and oxygen atoms in total. The van der Waals surface area contributed by atoms with Crippen molar-refractivity contribution in [1.82, 2.24) is 0 Å². The molecular formula is C13H18O2S2. The van der Waals surface area contributed by atoms with Gasteiger partial charge in [0, 0.05) is 0 Å². The van der Waals surface area contributed by atoms with Crippen LogP contribution in [-0.4, -0.2) is 18.8 Å². The van der Waals surface area contributed by atoms with E-state index < -0.39 is 13.9 Å². The van der Waals surface area contributed by atoms with Crippen LogP contribution >= 0.6 is 11.8 Å². The summed E-state index contributed by atoms with van der Waals surface area (Å²) in [5.74, 6) is 0.451. The van der Waals surface area contributed by atoms with Gasteiger partial charge in [0.2, 0.25) is 0 Å². The maximum absolute atomic E-state index is 12.7. The Balaban J connectivity index is 2.48. The molecule has 1 fully saturated rings. The molecule has 0 bridgehead atoms. The molecule has 94 valence electrons. The van der Waals surface area contributed by atoms with Gasteiger partial charge in [0.05, 0.1) is 4.90 Å². The molecule has 0 spiro atoms. The van der Waals surface area contributed by atoms with E-state index >= 15 is 0 Å². The third kappa shape index (κ3) is 1.65. The van der Waals surface area contributed by atoms with E-state index in [4.69, 9.17) is 0 Å². The number of hydrogen-bond acceptors (Lipinski definition) is 3. The molecule has 0 saturated heterocycles. The Morgan fingerprint density at radius 1 is 1.12 bits per heavy atom. The van der Waals surface area contributed by atoms with Crippen LogP contribution in [0.1, 0.15) is 19.4 Å². The van der Waals surface area contributed by atoms with Gasteiger partial charge >= 0.3 is 0 Å². The van der Waals surface area contributed by atoms with Crippen LogP contribution in [0.3, 0.4) is 0 Å². The summed E-state index contributed by atoms with van der Waals surface area (Å²) in [4.78, 5) is 0.452. The highest BCUT2D eigenvalue weighted by Crippen LogP contribution is 2.63. The Morgan fingerprint density at radius 2 is 1.59 bits per heavy atom. The lowest BCUT2D eigenvalue weighted by molar-refractivity contribution is 0.588. The van der Waals surface area contributed by atoms with Crippen molar-refractivity contribution in [1.29, 1.82) is 0 Å². The van der Waals surface area contributed by atoms with E-state index in [1.54, 1.807) is 12.1 Å². The average Bonchev–Trinajstić information content (AvgIpc) is 2.83. The lowest BCUT2D eigenvalue weighted by Gasteiger charge is -2.16. The predicted octanol–water partition coefficient (Wildman–Crippen LogP) is 3.11. The molecule has 0 heterocycles. The molecule has 1 aliphatic carbocycles. The number of hydrogen-bond donors (Lipinski definition) is 0. The summed E-state index contributed by atoms with van der Waals surface area (Å²) in [5.41, 5.74) is 1.08. The highest BCUT2D eigenvalue weighted by Gasteiger charge is 2.67. The molecule has 1 saturated carbocycles. The molecule has 0 unspecified atom stereocenters. The van der Waals surface area contributed by atoms with Crippen LogP contribution in [0.4, 0.5) is 0 Å². The van der Waals surface area contributed by atoms with Gasteiger partial charge in [0.25, 0.3) is 0 Å². The summed E-state index contributed by atoms with van der Waals surface area (Å²) in [6, 6.07) is 7.16. The maximum Gasteiger partial charge on any atom is 0.193 e. The van der Waals surface area contributed by atoms with Crippen LogP contribution in [0.25, 0.3) is 0 Å². The lowest BCUT2D eigenvalue weighted by atomic mass is 10.2. The lowest BCUT2D eigenvalue weighted by Crippen LogP contribution is -2.23. The van der Waals surface area contributed by atoms with E-state index in [1.165, 1.54) is 11.8 Å². The minimum Gasteiger partial charge on any atom is -0.222 e. The molecule has 0 amide bonds. The molecule has 1 aliphatic rings. The molecular weight excluding hydrogens is 252 g/mol. The van der Waals surface area contributed by atoms with Crippen LogP contribution in [0.5, 0.6) is 0 Å². The summed E-state index contributed by atoms with van der Waals surface area (Å²) in [5, 5.41) is 0. The SMILES string of the molecule is CS[C@]1(S(=O)(=O)c2ccc(C)cc2)[C@H](C)[C@@H]1C. The predicted molar refractivity (Wildman–Crippen MR) is 72.9 cm³/mol. The topological polar surface area (TPSA) is 34.1 Å². The van der Waals surface area contributed by atoms with E-state index in [2.05, 4.69) is 0 Å². The van der Waals surface area contributed by atoms with Crippen molar-refractivity contribution in [2.45, 2.75) is 29.7 Å². The number of rotatable bonds is 3. The van der Waals surface area contributed by atoms with Gasteiger partial charge in [-0.05, 0) is 37.1 Å². The van der Waals surface area contributed by atoms with Crippen molar-refractivity contribution < 1.29 is 8.42 Å². The molecule has 0 aliphatic heterocycles. The molecule has 0 aromatic heterocycles. The molecule has 17 heavy (non-hydrogen) atoms. The maximum atomic E-state index is 12.7. The quantitative estimate of drug-likeness (QED) is 0.846. The van der Waals surface area contributed by atoms with Crippen molar-refractivity contribution in [3.63, 3.8) is 0 Å². The largest absolute Gasteiger partial charge is 0.222 e. The first kappa shape index (κ1) is 13.0. The Labute approximate surface area is 108 Å². The van der Waals surface area contributed by atoms with Crippen LogP contribution in [0.2, 0.25) is 0 Å². The summed E-state index contributed by atoms with van der Waals surface area (Å²) in [6.07, 6.45) is 1.89. The van der Waals surface area contributed by atoms with E-state index in [0.717, 1.165) is 5.56 Å². The van der Waals surface area contributed by atoms with Crippen molar-refractivity contribution in [3.8, 4) is 0 Å². The second-order valence-corrected chi connectivity index (χ2v) is 8.32. The van der Waals surface area contributed by atoms with Gasteiger partial charge in [-0.25, -0.2) is 8.42 Å². The monoisotopic (exact) mass is 270 g/mol. The van der Waals surface area contributed by atoms with Crippen LogP contribution < -0.4 is 0 Å². The van der Waals surface area contributed by atoms with Gasteiger partial charge in [-0.15, -0.1) is 11.8 Å². The minimum absolute atomic E-state index is 0.226.